The molecule has 2 N–H and O–H groups in total. The fourth-order valence-corrected chi connectivity index (χ4v) is 1.98. The van der Waals surface area contributed by atoms with E-state index in [1.807, 2.05) is 18.2 Å². The first kappa shape index (κ1) is 14.3. The van der Waals surface area contributed by atoms with Gasteiger partial charge in [0.15, 0.2) is 0 Å². The zero-order chi connectivity index (χ0) is 14.7. The molecule has 0 saturated heterocycles. The Bertz CT molecular complexity index is 659. The Morgan fingerprint density at radius 2 is 2.10 bits per heavy atom. The predicted octanol–water partition coefficient (Wildman–Crippen LogP) is 3.81. The smallest absolute Gasteiger partial charge is 0.288 e. The molecule has 0 spiro atoms. The predicted molar refractivity (Wildman–Crippen MR) is 77.3 cm³/mol. The molecule has 0 bridgehead atoms. The van der Waals surface area contributed by atoms with Gasteiger partial charge >= 0.3 is 0 Å². The van der Waals surface area contributed by atoms with Crippen molar-refractivity contribution in [1.82, 2.24) is 0 Å². The molecule has 0 amide bonds. The van der Waals surface area contributed by atoms with Gasteiger partial charge in [0, 0.05) is 18.7 Å². The lowest BCUT2D eigenvalue weighted by Gasteiger charge is -2.10. The highest BCUT2D eigenvalue weighted by atomic mass is 35.5. The van der Waals surface area contributed by atoms with Gasteiger partial charge in [-0.15, -0.1) is 0 Å². The minimum Gasteiger partial charge on any atom is -0.457 e. The van der Waals surface area contributed by atoms with Gasteiger partial charge in [-0.25, -0.2) is 0 Å². The summed E-state index contributed by atoms with van der Waals surface area (Å²) in [6.45, 7) is 2.14. The largest absolute Gasteiger partial charge is 0.457 e. The molecular weight excluding hydrogens is 280 g/mol. The molecular formula is C14H13ClN2O3. The summed E-state index contributed by atoms with van der Waals surface area (Å²) in [6.07, 6.45) is 0. The highest BCUT2D eigenvalue weighted by Gasteiger charge is 2.16. The van der Waals surface area contributed by atoms with Crippen molar-refractivity contribution in [3.05, 3.63) is 62.7 Å². The molecule has 0 atom stereocenters. The van der Waals surface area contributed by atoms with Gasteiger partial charge in [0.2, 0.25) is 0 Å². The molecule has 2 aromatic carbocycles. The monoisotopic (exact) mass is 292 g/mol. The van der Waals surface area contributed by atoms with Crippen LogP contribution in [0.15, 0.2) is 36.4 Å². The SMILES string of the molecule is Cc1cc([N+](=O)[O-])c(Cl)cc1Oc1cccc(CN)c1. The Labute approximate surface area is 121 Å². The summed E-state index contributed by atoms with van der Waals surface area (Å²) in [7, 11) is 0. The molecule has 104 valence electrons. The molecule has 0 saturated carbocycles. The van der Waals surface area contributed by atoms with E-state index in [4.69, 9.17) is 22.1 Å². The lowest BCUT2D eigenvalue weighted by molar-refractivity contribution is -0.384. The van der Waals surface area contributed by atoms with Crippen molar-refractivity contribution < 1.29 is 9.66 Å². The average Bonchev–Trinajstić information content (AvgIpc) is 2.42. The van der Waals surface area contributed by atoms with E-state index in [2.05, 4.69) is 0 Å². The quantitative estimate of drug-likeness (QED) is 0.686. The molecule has 2 aromatic rings. The first-order chi connectivity index (χ1) is 9.51. The summed E-state index contributed by atoms with van der Waals surface area (Å²) in [5, 5.41) is 10.8. The number of aryl methyl sites for hydroxylation is 1. The number of halogens is 1. The van der Waals surface area contributed by atoms with Crippen LogP contribution in [0.2, 0.25) is 5.02 Å². The Balaban J connectivity index is 2.34. The van der Waals surface area contributed by atoms with Crippen molar-refractivity contribution in [3.8, 4) is 11.5 Å². The summed E-state index contributed by atoms with van der Waals surface area (Å²) < 4.78 is 5.70. The van der Waals surface area contributed by atoms with Crippen LogP contribution in [0.1, 0.15) is 11.1 Å². The maximum absolute atomic E-state index is 10.8. The summed E-state index contributed by atoms with van der Waals surface area (Å²) >= 11 is 5.88. The third-order valence-corrected chi connectivity index (χ3v) is 3.11. The van der Waals surface area contributed by atoms with Crippen LogP contribution in [-0.2, 0) is 6.54 Å². The zero-order valence-electron chi connectivity index (χ0n) is 10.8. The molecule has 0 heterocycles. The normalized spacial score (nSPS) is 10.3. The van der Waals surface area contributed by atoms with Gasteiger partial charge in [-0.1, -0.05) is 23.7 Å². The maximum Gasteiger partial charge on any atom is 0.288 e. The van der Waals surface area contributed by atoms with E-state index >= 15 is 0 Å². The van der Waals surface area contributed by atoms with Crippen molar-refractivity contribution >= 4 is 17.3 Å². The van der Waals surface area contributed by atoms with E-state index < -0.39 is 4.92 Å². The van der Waals surface area contributed by atoms with Crippen molar-refractivity contribution in [1.29, 1.82) is 0 Å². The number of nitro groups is 1. The Morgan fingerprint density at radius 1 is 1.35 bits per heavy atom. The van der Waals surface area contributed by atoms with Gasteiger partial charge < -0.3 is 10.5 Å². The number of rotatable bonds is 4. The Morgan fingerprint density at radius 3 is 2.75 bits per heavy atom. The number of benzene rings is 2. The van der Waals surface area contributed by atoms with Crippen LogP contribution in [0, 0.1) is 17.0 Å². The molecule has 0 aliphatic rings. The number of ether oxygens (including phenoxy) is 1. The average molecular weight is 293 g/mol. The van der Waals surface area contributed by atoms with E-state index in [1.165, 1.54) is 12.1 Å². The first-order valence-corrected chi connectivity index (χ1v) is 6.30. The van der Waals surface area contributed by atoms with Gasteiger partial charge in [0.1, 0.15) is 16.5 Å². The van der Waals surface area contributed by atoms with Gasteiger partial charge in [-0.2, -0.15) is 0 Å². The second kappa shape index (κ2) is 5.90. The van der Waals surface area contributed by atoms with Crippen LogP contribution in [0.4, 0.5) is 5.69 Å². The molecule has 0 aliphatic carbocycles. The van der Waals surface area contributed by atoms with Gasteiger partial charge in [0.05, 0.1) is 4.92 Å². The summed E-state index contributed by atoms with van der Waals surface area (Å²) in [6, 6.07) is 10.2. The summed E-state index contributed by atoms with van der Waals surface area (Å²) in [5.41, 5.74) is 7.01. The van der Waals surface area contributed by atoms with Crippen molar-refractivity contribution in [2.45, 2.75) is 13.5 Å². The van der Waals surface area contributed by atoms with E-state index in [0.717, 1.165) is 5.56 Å². The lowest BCUT2D eigenvalue weighted by Crippen LogP contribution is -1.97. The third kappa shape index (κ3) is 3.07. The molecule has 0 aromatic heterocycles. The first-order valence-electron chi connectivity index (χ1n) is 5.92. The number of hydrogen-bond acceptors (Lipinski definition) is 4. The van der Waals surface area contributed by atoms with E-state index in [9.17, 15) is 10.1 Å². The summed E-state index contributed by atoms with van der Waals surface area (Å²) in [4.78, 5) is 10.3. The van der Waals surface area contributed by atoms with Crippen LogP contribution in [0.3, 0.4) is 0 Å². The van der Waals surface area contributed by atoms with Gasteiger partial charge in [0.25, 0.3) is 5.69 Å². The zero-order valence-corrected chi connectivity index (χ0v) is 11.6. The highest BCUT2D eigenvalue weighted by molar-refractivity contribution is 6.32. The van der Waals surface area contributed by atoms with Gasteiger partial charge in [-0.05, 0) is 30.2 Å². The second-order valence-electron chi connectivity index (χ2n) is 4.28. The van der Waals surface area contributed by atoms with Crippen LogP contribution < -0.4 is 10.5 Å². The highest BCUT2D eigenvalue weighted by Crippen LogP contribution is 2.34. The Kier molecular flexibility index (Phi) is 4.22. The van der Waals surface area contributed by atoms with Crippen molar-refractivity contribution in [3.63, 3.8) is 0 Å². The molecule has 0 fully saturated rings. The van der Waals surface area contributed by atoms with Crippen LogP contribution in [0.25, 0.3) is 0 Å². The molecule has 5 nitrogen and oxygen atoms in total. The molecule has 20 heavy (non-hydrogen) atoms. The number of nitrogens with two attached hydrogens (primary N) is 1. The summed E-state index contributed by atoms with van der Waals surface area (Å²) in [5.74, 6) is 1.09. The van der Waals surface area contributed by atoms with Crippen LogP contribution in [-0.4, -0.2) is 4.92 Å². The second-order valence-corrected chi connectivity index (χ2v) is 4.69. The molecule has 0 unspecified atom stereocenters. The van der Waals surface area contributed by atoms with Crippen molar-refractivity contribution in [2.24, 2.45) is 5.73 Å². The number of nitro benzene ring substituents is 1. The van der Waals surface area contributed by atoms with Crippen LogP contribution >= 0.6 is 11.6 Å². The standard InChI is InChI=1S/C14H13ClN2O3/c1-9-5-13(17(18)19)12(15)7-14(9)20-11-4-2-3-10(6-11)8-16/h2-7H,8,16H2,1H3. The van der Waals surface area contributed by atoms with Crippen molar-refractivity contribution in [2.75, 3.05) is 0 Å². The molecule has 0 radical (unpaired) electrons. The van der Waals surface area contributed by atoms with Gasteiger partial charge in [-0.3, -0.25) is 10.1 Å². The molecule has 0 aliphatic heterocycles. The lowest BCUT2D eigenvalue weighted by atomic mass is 10.2. The van der Waals surface area contributed by atoms with E-state index in [0.29, 0.717) is 23.6 Å². The molecule has 6 heteroatoms. The fraction of sp³-hybridized carbons (Fsp3) is 0.143. The minimum atomic E-state index is -0.520. The fourth-order valence-electron chi connectivity index (χ4n) is 1.76. The van der Waals surface area contributed by atoms with E-state index in [1.54, 1.807) is 13.0 Å². The maximum atomic E-state index is 10.8. The topological polar surface area (TPSA) is 78.4 Å². The minimum absolute atomic E-state index is 0.0468. The third-order valence-electron chi connectivity index (χ3n) is 2.80. The van der Waals surface area contributed by atoms with E-state index in [-0.39, 0.29) is 10.7 Å². The number of hydrogen-bond donors (Lipinski definition) is 1. The number of nitrogens with zero attached hydrogens (tertiary/aromatic N) is 1. The Hall–Kier alpha value is -2.11. The van der Waals surface area contributed by atoms with Crippen LogP contribution in [0.5, 0.6) is 11.5 Å². The molecule has 2 rings (SSSR count).